The number of esters is 2. The minimum atomic E-state index is -1.33. The van der Waals surface area contributed by atoms with Gasteiger partial charge in [0.25, 0.3) is 0 Å². The van der Waals surface area contributed by atoms with Crippen LogP contribution in [0.3, 0.4) is 0 Å². The largest absolute Gasteiger partial charge is 0.507 e. The Bertz CT molecular complexity index is 1560. The summed E-state index contributed by atoms with van der Waals surface area (Å²) in [6.45, 7) is 10.0. The molecule has 0 aromatic heterocycles. The van der Waals surface area contributed by atoms with E-state index in [4.69, 9.17) is 66.3 Å². The molecule has 2 aromatic rings. The first-order valence-corrected chi connectivity index (χ1v) is 22.9. The van der Waals surface area contributed by atoms with E-state index in [0.29, 0.717) is 119 Å². The standard InChI is InChI=1S/C26H42O14.C10H10O6.C9H19BrO4/c1-31-3-5-33-7-9-35-11-13-37-15-17-39-23-20-24(22(26(29)30)19-21(23)25(27)28)40-18-16-38-14-12-36-10-8-34-6-4-32-2;1-15-9(13)5-3-6(10(14)16-2)8(12)4-7(5)11;1-11-4-5-13-8-9-14-7-6-12-3-2-10/h19-20H,3-18H2,1-2H3,(H,27,28)(H,29,30);3-4,11-12H,1-2H3;2-9H2,1H3. The molecule has 4 N–H and O–H groups in total. The molecule has 2 aromatic carbocycles. The van der Waals surface area contributed by atoms with E-state index in [1.807, 2.05) is 0 Å². The number of aromatic hydroxyl groups is 2. The number of carboxylic acids is 2. The number of carbonyl (C=O) groups is 4. The fourth-order valence-electron chi connectivity index (χ4n) is 4.79. The molecule has 0 spiro atoms. The first-order chi connectivity index (χ1) is 33.9. The fourth-order valence-corrected chi connectivity index (χ4v) is 5.02. The van der Waals surface area contributed by atoms with Gasteiger partial charge >= 0.3 is 23.9 Å². The van der Waals surface area contributed by atoms with E-state index in [-0.39, 0.29) is 60.2 Å². The van der Waals surface area contributed by atoms with Crippen LogP contribution >= 0.6 is 15.9 Å². The summed E-state index contributed by atoms with van der Waals surface area (Å²) in [7, 11) is 7.12. The summed E-state index contributed by atoms with van der Waals surface area (Å²) in [5.41, 5.74) is -1.05. The maximum atomic E-state index is 11.7. The zero-order valence-corrected chi connectivity index (χ0v) is 42.2. The molecule has 0 aliphatic carbocycles. The van der Waals surface area contributed by atoms with Crippen LogP contribution in [0.2, 0.25) is 0 Å². The van der Waals surface area contributed by atoms with E-state index in [2.05, 4.69) is 25.4 Å². The summed E-state index contributed by atoms with van der Waals surface area (Å²) in [5, 5.41) is 38.6. The second-order valence-corrected chi connectivity index (χ2v) is 14.0. The van der Waals surface area contributed by atoms with Crippen LogP contribution in [0.15, 0.2) is 24.3 Å². The Morgan fingerprint density at radius 1 is 0.371 bits per heavy atom. The molecule has 24 nitrogen and oxygen atoms in total. The number of halogens is 1. The molecule has 0 aliphatic heterocycles. The molecule has 70 heavy (non-hydrogen) atoms. The number of methoxy groups -OCH3 is 5. The van der Waals surface area contributed by atoms with Crippen LogP contribution in [-0.4, -0.2) is 237 Å². The number of phenols is 2. The van der Waals surface area contributed by atoms with Crippen LogP contribution < -0.4 is 9.47 Å². The maximum Gasteiger partial charge on any atom is 0.341 e. The summed E-state index contributed by atoms with van der Waals surface area (Å²) in [5.74, 6) is -5.33. The van der Waals surface area contributed by atoms with Crippen molar-refractivity contribution in [2.45, 2.75) is 0 Å². The van der Waals surface area contributed by atoms with Gasteiger partial charge in [-0.1, -0.05) is 15.9 Å². The summed E-state index contributed by atoms with van der Waals surface area (Å²) in [4.78, 5) is 45.7. The normalized spacial score (nSPS) is 10.7. The predicted octanol–water partition coefficient (Wildman–Crippen LogP) is 2.98. The predicted molar refractivity (Wildman–Crippen MR) is 251 cm³/mol. The van der Waals surface area contributed by atoms with Gasteiger partial charge in [-0.2, -0.15) is 0 Å². The van der Waals surface area contributed by atoms with Gasteiger partial charge in [0.05, 0.1) is 153 Å². The maximum absolute atomic E-state index is 11.7. The van der Waals surface area contributed by atoms with E-state index < -0.39 is 35.4 Å². The van der Waals surface area contributed by atoms with Crippen molar-refractivity contribution in [1.82, 2.24) is 0 Å². The van der Waals surface area contributed by atoms with Crippen molar-refractivity contribution < 1.29 is 115 Å². The summed E-state index contributed by atoms with van der Waals surface area (Å²) >= 11 is 3.27. The molecular weight excluding hydrogens is 1000 g/mol. The fraction of sp³-hybridized carbons (Fsp3) is 0.644. The highest BCUT2D eigenvalue weighted by atomic mass is 79.9. The Balaban J connectivity index is 0.00000128. The number of benzene rings is 2. The second-order valence-electron chi connectivity index (χ2n) is 13.2. The molecule has 0 saturated heterocycles. The van der Waals surface area contributed by atoms with E-state index >= 15 is 0 Å². The minimum absolute atomic E-state index is 0.0345. The van der Waals surface area contributed by atoms with Gasteiger partial charge in [0.2, 0.25) is 0 Å². The van der Waals surface area contributed by atoms with Gasteiger partial charge in [-0.3, -0.25) is 0 Å². The van der Waals surface area contributed by atoms with Crippen LogP contribution in [0.25, 0.3) is 0 Å². The Labute approximate surface area is 416 Å². The Hall–Kier alpha value is -4.48. The lowest BCUT2D eigenvalue weighted by Crippen LogP contribution is -2.16. The number of ether oxygens (including phenoxy) is 16. The molecule has 0 radical (unpaired) electrons. The number of alkyl halides is 1. The monoisotopic (exact) mass is 1070 g/mol. The molecule has 0 saturated carbocycles. The number of carboxylic acid groups (broad SMARTS) is 2. The van der Waals surface area contributed by atoms with E-state index in [0.717, 1.165) is 44.4 Å². The number of carbonyl (C=O) groups excluding carboxylic acids is 2. The molecule has 402 valence electrons. The van der Waals surface area contributed by atoms with Crippen molar-refractivity contribution in [2.75, 3.05) is 193 Å². The van der Waals surface area contributed by atoms with Crippen molar-refractivity contribution in [3.8, 4) is 23.0 Å². The van der Waals surface area contributed by atoms with Crippen LogP contribution in [0.1, 0.15) is 41.4 Å². The van der Waals surface area contributed by atoms with Gasteiger partial charge in [0, 0.05) is 38.8 Å². The molecule has 2 rings (SSSR count). The number of hydrogen-bond donors (Lipinski definition) is 4. The number of rotatable bonds is 41. The second kappa shape index (κ2) is 45.6. The molecule has 0 unspecified atom stereocenters. The number of aromatic carboxylic acids is 2. The summed E-state index contributed by atoms with van der Waals surface area (Å²) < 4.78 is 82.2. The van der Waals surface area contributed by atoms with Crippen molar-refractivity contribution >= 4 is 39.8 Å². The van der Waals surface area contributed by atoms with Gasteiger partial charge in [-0.25, -0.2) is 19.2 Å². The van der Waals surface area contributed by atoms with Crippen molar-refractivity contribution in [2.24, 2.45) is 0 Å². The third-order valence-corrected chi connectivity index (χ3v) is 8.51. The highest BCUT2D eigenvalue weighted by molar-refractivity contribution is 9.09. The van der Waals surface area contributed by atoms with E-state index in [1.165, 1.54) is 6.07 Å². The molecule has 0 heterocycles. The summed E-state index contributed by atoms with van der Waals surface area (Å²) in [6, 6.07) is 4.12. The Morgan fingerprint density at radius 3 is 0.886 bits per heavy atom. The van der Waals surface area contributed by atoms with Gasteiger partial charge in [0.1, 0.15) is 58.5 Å². The Kier molecular flexibility index (Phi) is 42.7. The van der Waals surface area contributed by atoms with Crippen molar-refractivity contribution in [1.29, 1.82) is 0 Å². The molecule has 0 atom stereocenters. The van der Waals surface area contributed by atoms with Crippen LogP contribution in [0.5, 0.6) is 23.0 Å². The van der Waals surface area contributed by atoms with Crippen LogP contribution in [0, 0.1) is 0 Å². The molecule has 0 fully saturated rings. The Morgan fingerprint density at radius 2 is 0.629 bits per heavy atom. The lowest BCUT2D eigenvalue weighted by molar-refractivity contribution is -0.000167. The van der Waals surface area contributed by atoms with Crippen LogP contribution in [-0.2, 0) is 66.3 Å². The minimum Gasteiger partial charge on any atom is -0.507 e. The average molecular weight is 1080 g/mol. The SMILES string of the molecule is COC(=O)c1cc(C(=O)OC)c(O)cc1O.COCCOCCOCCOCCBr.COCCOCCOCCOCCOc1cc(OCCOCCOCCOCCOC)c(C(=O)O)cc1C(=O)O. The molecule has 0 amide bonds. The first-order valence-electron chi connectivity index (χ1n) is 21.8. The van der Waals surface area contributed by atoms with Crippen molar-refractivity contribution in [3.05, 3.63) is 46.5 Å². The van der Waals surface area contributed by atoms with E-state index in [1.54, 1.807) is 21.3 Å². The molecular formula is C45H71BrO24. The van der Waals surface area contributed by atoms with Crippen LogP contribution in [0.4, 0.5) is 0 Å². The highest BCUT2D eigenvalue weighted by Gasteiger charge is 2.22. The zero-order valence-electron chi connectivity index (χ0n) is 40.6. The van der Waals surface area contributed by atoms with Gasteiger partial charge in [-0.15, -0.1) is 0 Å². The van der Waals surface area contributed by atoms with Gasteiger partial charge in [0.15, 0.2) is 0 Å². The van der Waals surface area contributed by atoms with Gasteiger partial charge in [-0.05, 0) is 12.1 Å². The highest BCUT2D eigenvalue weighted by Crippen LogP contribution is 2.30. The topological polar surface area (TPSA) is 297 Å². The third kappa shape index (κ3) is 33.2. The lowest BCUT2D eigenvalue weighted by atomic mass is 10.1. The smallest absolute Gasteiger partial charge is 0.341 e. The van der Waals surface area contributed by atoms with Gasteiger partial charge < -0.3 is 96.2 Å². The molecule has 0 aliphatic rings. The average Bonchev–Trinajstić information content (AvgIpc) is 3.35. The summed E-state index contributed by atoms with van der Waals surface area (Å²) in [6.07, 6.45) is 0. The quantitative estimate of drug-likeness (QED) is 0.0423. The van der Waals surface area contributed by atoms with Crippen molar-refractivity contribution in [3.63, 3.8) is 0 Å². The zero-order chi connectivity index (χ0) is 52.0. The first kappa shape index (κ1) is 65.5. The number of hydrogen-bond acceptors (Lipinski definition) is 22. The molecule has 25 heteroatoms. The van der Waals surface area contributed by atoms with E-state index in [9.17, 15) is 39.6 Å². The molecule has 0 bridgehead atoms. The number of phenolic OH excluding ortho intramolecular Hbond substituents is 2. The third-order valence-electron chi connectivity index (χ3n) is 8.19. The lowest BCUT2D eigenvalue weighted by Gasteiger charge is -2.15.